The molecule has 0 radical (unpaired) electrons. The summed E-state index contributed by atoms with van der Waals surface area (Å²) in [6, 6.07) is 17.8. The molecular formula is C20H22N3O+. The number of para-hydroxylation sites is 2. The van der Waals surface area contributed by atoms with Crippen LogP contribution in [-0.2, 0) is 11.3 Å². The van der Waals surface area contributed by atoms with Crippen LogP contribution in [-0.4, -0.2) is 22.4 Å². The van der Waals surface area contributed by atoms with Crippen molar-refractivity contribution in [1.82, 2.24) is 9.47 Å². The number of carbonyl (C=O) groups excluding carboxylic acids is 1. The van der Waals surface area contributed by atoms with E-state index in [2.05, 4.69) is 6.58 Å². The molecule has 0 saturated carbocycles. The number of hydrogen-bond donors (Lipinski definition) is 0. The van der Waals surface area contributed by atoms with Crippen LogP contribution < -0.4 is 4.57 Å². The molecule has 0 aliphatic carbocycles. The number of fused-ring (bicyclic) bond motifs is 1. The van der Waals surface area contributed by atoms with E-state index in [0.29, 0.717) is 6.54 Å². The van der Waals surface area contributed by atoms with Crippen molar-refractivity contribution in [2.75, 3.05) is 7.05 Å². The molecule has 1 aromatic heterocycles. The monoisotopic (exact) mass is 320 g/mol. The molecule has 1 amide bonds. The Balaban J connectivity index is 1.87. The van der Waals surface area contributed by atoms with Crippen molar-refractivity contribution in [1.29, 1.82) is 0 Å². The number of imidazole rings is 1. The lowest BCUT2D eigenvalue weighted by molar-refractivity contribution is -0.682. The minimum atomic E-state index is -0.287. The Kier molecular flexibility index (Phi) is 4.47. The molecule has 0 bridgehead atoms. The SMILES string of the molecule is C=Cn1c[n+]([C@H](C)C(=O)N(C)Cc2ccccc2)c2ccccc21. The van der Waals surface area contributed by atoms with Crippen molar-refractivity contribution in [2.45, 2.75) is 19.5 Å². The molecule has 1 atom stereocenters. The Hall–Kier alpha value is -2.88. The second-order valence-electron chi connectivity index (χ2n) is 5.96. The summed E-state index contributed by atoms with van der Waals surface area (Å²) < 4.78 is 3.94. The van der Waals surface area contributed by atoms with Gasteiger partial charge >= 0.3 is 0 Å². The fourth-order valence-corrected chi connectivity index (χ4v) is 2.99. The Bertz CT molecular complexity index is 867. The Morgan fingerprint density at radius 3 is 2.58 bits per heavy atom. The summed E-state index contributed by atoms with van der Waals surface area (Å²) in [4.78, 5) is 14.6. The van der Waals surface area contributed by atoms with E-state index in [1.54, 1.807) is 11.1 Å². The number of likely N-dealkylation sites (N-methyl/N-ethyl adjacent to an activating group) is 1. The maximum atomic E-state index is 12.9. The van der Waals surface area contributed by atoms with Crippen molar-refractivity contribution in [3.63, 3.8) is 0 Å². The zero-order valence-electron chi connectivity index (χ0n) is 14.1. The van der Waals surface area contributed by atoms with Crippen LogP contribution in [0.4, 0.5) is 0 Å². The molecular weight excluding hydrogens is 298 g/mol. The van der Waals surface area contributed by atoms with Crippen LogP contribution in [0.25, 0.3) is 17.2 Å². The van der Waals surface area contributed by atoms with Crippen molar-refractivity contribution < 1.29 is 9.36 Å². The van der Waals surface area contributed by atoms with Gasteiger partial charge in [-0.2, -0.15) is 0 Å². The first-order chi connectivity index (χ1) is 11.6. The first-order valence-corrected chi connectivity index (χ1v) is 8.04. The van der Waals surface area contributed by atoms with E-state index in [0.717, 1.165) is 16.6 Å². The van der Waals surface area contributed by atoms with Gasteiger partial charge in [-0.05, 0) is 24.6 Å². The number of nitrogens with zero attached hydrogens (tertiary/aromatic N) is 3. The van der Waals surface area contributed by atoms with Gasteiger partial charge in [-0.25, -0.2) is 9.13 Å². The zero-order valence-corrected chi connectivity index (χ0v) is 14.1. The fraction of sp³-hybridized carbons (Fsp3) is 0.200. The number of benzene rings is 2. The van der Waals surface area contributed by atoms with Gasteiger partial charge in [-0.3, -0.25) is 4.79 Å². The normalized spacial score (nSPS) is 12.1. The Morgan fingerprint density at radius 2 is 1.88 bits per heavy atom. The second kappa shape index (κ2) is 6.71. The summed E-state index contributed by atoms with van der Waals surface area (Å²) in [6.45, 7) is 6.38. The lowest BCUT2D eigenvalue weighted by Crippen LogP contribution is -2.46. The van der Waals surface area contributed by atoms with Gasteiger partial charge in [0.1, 0.15) is 0 Å². The van der Waals surface area contributed by atoms with Crippen LogP contribution in [0.3, 0.4) is 0 Å². The minimum Gasteiger partial charge on any atom is -0.338 e. The minimum absolute atomic E-state index is 0.0795. The Labute approximate surface area is 142 Å². The van der Waals surface area contributed by atoms with Gasteiger partial charge in [0.2, 0.25) is 6.33 Å². The molecule has 0 spiro atoms. The van der Waals surface area contributed by atoms with Crippen LogP contribution in [0.2, 0.25) is 0 Å². The first-order valence-electron chi connectivity index (χ1n) is 8.04. The summed E-state index contributed by atoms with van der Waals surface area (Å²) in [5.74, 6) is 0.0795. The van der Waals surface area contributed by atoms with Crippen molar-refractivity contribution in [3.05, 3.63) is 73.1 Å². The molecule has 3 aromatic rings. The smallest absolute Gasteiger partial charge is 0.267 e. The largest absolute Gasteiger partial charge is 0.338 e. The third kappa shape index (κ3) is 2.95. The van der Waals surface area contributed by atoms with Gasteiger partial charge in [0.15, 0.2) is 17.1 Å². The molecule has 0 unspecified atom stereocenters. The first kappa shape index (κ1) is 16.0. The van der Waals surface area contributed by atoms with E-state index in [4.69, 9.17) is 0 Å². The number of amides is 1. The second-order valence-corrected chi connectivity index (χ2v) is 5.96. The summed E-state index contributed by atoms with van der Waals surface area (Å²) in [5.41, 5.74) is 3.18. The van der Waals surface area contributed by atoms with Crippen LogP contribution >= 0.6 is 0 Å². The van der Waals surface area contributed by atoms with Crippen molar-refractivity contribution >= 4 is 23.1 Å². The lowest BCUT2D eigenvalue weighted by Gasteiger charge is -2.20. The van der Waals surface area contributed by atoms with Crippen LogP contribution in [0.15, 0.2) is 67.5 Å². The van der Waals surface area contributed by atoms with Crippen LogP contribution in [0.5, 0.6) is 0 Å². The number of aromatic nitrogens is 2. The summed E-state index contributed by atoms with van der Waals surface area (Å²) >= 11 is 0. The molecule has 24 heavy (non-hydrogen) atoms. The molecule has 0 aliphatic heterocycles. The van der Waals surface area contributed by atoms with Crippen molar-refractivity contribution in [3.8, 4) is 0 Å². The van der Waals surface area contributed by atoms with Crippen molar-refractivity contribution in [2.24, 2.45) is 0 Å². The molecule has 0 fully saturated rings. The van der Waals surface area contributed by atoms with Gasteiger partial charge in [-0.1, -0.05) is 49.0 Å². The highest BCUT2D eigenvalue weighted by atomic mass is 16.2. The predicted octanol–water partition coefficient (Wildman–Crippen LogP) is 3.25. The average Bonchev–Trinajstić information content (AvgIpc) is 3.00. The average molecular weight is 320 g/mol. The van der Waals surface area contributed by atoms with E-state index in [9.17, 15) is 4.79 Å². The van der Waals surface area contributed by atoms with Gasteiger partial charge in [0.25, 0.3) is 5.91 Å². The molecule has 3 rings (SSSR count). The van der Waals surface area contributed by atoms with Crippen LogP contribution in [0, 0.1) is 0 Å². The van der Waals surface area contributed by atoms with E-state index in [-0.39, 0.29) is 11.9 Å². The molecule has 1 heterocycles. The molecule has 4 nitrogen and oxygen atoms in total. The zero-order chi connectivity index (χ0) is 17.1. The topological polar surface area (TPSA) is 29.1 Å². The fourth-order valence-electron chi connectivity index (χ4n) is 2.99. The summed E-state index contributed by atoms with van der Waals surface area (Å²) in [5, 5.41) is 0. The Morgan fingerprint density at radius 1 is 1.21 bits per heavy atom. The standard InChI is InChI=1S/C20H22N3O/c1-4-22-15-23(19-13-9-8-12-18(19)22)16(2)20(24)21(3)14-17-10-6-5-7-11-17/h4-13,15-16H,1,14H2,2-3H3/q+1/t16-/m1/s1. The molecule has 2 aromatic carbocycles. The predicted molar refractivity (Wildman–Crippen MR) is 96.1 cm³/mol. The third-order valence-electron chi connectivity index (χ3n) is 4.30. The highest BCUT2D eigenvalue weighted by Crippen LogP contribution is 2.15. The third-order valence-corrected chi connectivity index (χ3v) is 4.30. The highest BCUT2D eigenvalue weighted by molar-refractivity contribution is 5.80. The lowest BCUT2D eigenvalue weighted by atomic mass is 10.2. The number of carbonyl (C=O) groups is 1. The van der Waals surface area contributed by atoms with E-state index in [1.807, 2.05) is 84.0 Å². The van der Waals surface area contributed by atoms with Crippen LogP contribution in [0.1, 0.15) is 18.5 Å². The summed E-state index contributed by atoms with van der Waals surface area (Å²) in [6.07, 6.45) is 3.68. The molecule has 0 saturated heterocycles. The van der Waals surface area contributed by atoms with Gasteiger partial charge < -0.3 is 4.90 Å². The van der Waals surface area contributed by atoms with E-state index < -0.39 is 0 Å². The van der Waals surface area contributed by atoms with Gasteiger partial charge in [0, 0.05) is 13.6 Å². The van der Waals surface area contributed by atoms with Gasteiger partial charge in [0.05, 0.1) is 6.20 Å². The van der Waals surface area contributed by atoms with E-state index in [1.165, 1.54) is 0 Å². The quantitative estimate of drug-likeness (QED) is 0.664. The summed E-state index contributed by atoms with van der Waals surface area (Å²) in [7, 11) is 1.85. The van der Waals surface area contributed by atoms with E-state index >= 15 is 0 Å². The molecule has 0 N–H and O–H groups in total. The highest BCUT2D eigenvalue weighted by Gasteiger charge is 2.26. The number of hydrogen-bond acceptors (Lipinski definition) is 1. The van der Waals surface area contributed by atoms with Gasteiger partial charge in [-0.15, -0.1) is 0 Å². The molecule has 0 aliphatic rings. The molecule has 122 valence electrons. The maximum absolute atomic E-state index is 12.9. The molecule has 4 heteroatoms. The number of rotatable bonds is 5. The maximum Gasteiger partial charge on any atom is 0.267 e.